The number of carbonyl (C=O) groups is 4. The number of primary amides is 1. The molecule has 40 heavy (non-hydrogen) atoms. The fourth-order valence-corrected chi connectivity index (χ4v) is 4.71. The zero-order chi connectivity index (χ0) is 29.4. The van der Waals surface area contributed by atoms with Gasteiger partial charge in [-0.3, -0.25) is 19.3 Å². The fourth-order valence-electron chi connectivity index (χ4n) is 4.71. The number of aryl methyl sites for hydroxylation is 1. The molecular formula is C29H40N6O5. The van der Waals surface area contributed by atoms with Crippen molar-refractivity contribution < 1.29 is 23.9 Å². The first-order valence-corrected chi connectivity index (χ1v) is 13.4. The molecule has 1 fully saturated rings. The van der Waals surface area contributed by atoms with Gasteiger partial charge in [0.2, 0.25) is 17.7 Å². The second-order valence-corrected chi connectivity index (χ2v) is 11.2. The van der Waals surface area contributed by atoms with E-state index in [0.717, 1.165) is 11.1 Å². The van der Waals surface area contributed by atoms with Gasteiger partial charge in [-0.15, -0.1) is 0 Å². The SMILES string of the molecule is Cc1nc(N)ccc1CNC(=O)[C@H](CCC(N)=O)NC(=O)C1CC(Cc2ccccc2)CN1C(=O)OC(C)(C)C. The van der Waals surface area contributed by atoms with E-state index in [9.17, 15) is 19.2 Å². The summed E-state index contributed by atoms with van der Waals surface area (Å²) in [5.74, 6) is -1.17. The number of hydrogen-bond acceptors (Lipinski definition) is 7. The molecule has 0 aliphatic carbocycles. The third-order valence-corrected chi connectivity index (χ3v) is 6.67. The summed E-state index contributed by atoms with van der Waals surface area (Å²) in [6.45, 7) is 7.57. The maximum Gasteiger partial charge on any atom is 0.410 e. The number of rotatable bonds is 10. The minimum absolute atomic E-state index is 0.0124. The Kier molecular flexibility index (Phi) is 10.1. The molecule has 6 N–H and O–H groups in total. The number of carbonyl (C=O) groups excluding carboxylic acids is 4. The quantitative estimate of drug-likeness (QED) is 0.350. The van der Waals surface area contributed by atoms with Crippen molar-refractivity contribution in [3.63, 3.8) is 0 Å². The average Bonchev–Trinajstić information content (AvgIpc) is 3.29. The highest BCUT2D eigenvalue weighted by atomic mass is 16.6. The van der Waals surface area contributed by atoms with Crippen LogP contribution in [0.1, 0.15) is 56.9 Å². The number of nitrogens with zero attached hydrogens (tertiary/aromatic N) is 2. The summed E-state index contributed by atoms with van der Waals surface area (Å²) in [5.41, 5.74) is 12.8. The molecule has 11 heteroatoms. The van der Waals surface area contributed by atoms with Crippen LogP contribution in [-0.2, 0) is 32.1 Å². The van der Waals surface area contributed by atoms with Gasteiger partial charge in [-0.05, 0) is 70.1 Å². The normalized spacial score (nSPS) is 17.6. The van der Waals surface area contributed by atoms with Gasteiger partial charge in [0.25, 0.3) is 0 Å². The van der Waals surface area contributed by atoms with Crippen LogP contribution in [-0.4, -0.2) is 57.9 Å². The summed E-state index contributed by atoms with van der Waals surface area (Å²) >= 11 is 0. The van der Waals surface area contributed by atoms with Gasteiger partial charge in [-0.1, -0.05) is 36.4 Å². The van der Waals surface area contributed by atoms with Crippen LogP contribution in [0.2, 0.25) is 0 Å². The molecule has 2 heterocycles. The third-order valence-electron chi connectivity index (χ3n) is 6.67. The van der Waals surface area contributed by atoms with E-state index in [1.54, 1.807) is 39.8 Å². The van der Waals surface area contributed by atoms with E-state index < -0.39 is 41.5 Å². The first-order valence-electron chi connectivity index (χ1n) is 13.4. The average molecular weight is 553 g/mol. The number of ether oxygens (including phenoxy) is 1. The topological polar surface area (TPSA) is 170 Å². The number of amides is 4. The van der Waals surface area contributed by atoms with Crippen LogP contribution in [0.15, 0.2) is 42.5 Å². The Labute approximate surface area is 235 Å². The lowest BCUT2D eigenvalue weighted by atomic mass is 9.96. The van der Waals surface area contributed by atoms with E-state index in [0.29, 0.717) is 30.9 Å². The number of nitrogens with two attached hydrogens (primary N) is 2. The Morgan fingerprint density at radius 1 is 1.12 bits per heavy atom. The molecule has 2 unspecified atom stereocenters. The largest absolute Gasteiger partial charge is 0.444 e. The molecule has 2 aromatic rings. The summed E-state index contributed by atoms with van der Waals surface area (Å²) < 4.78 is 5.59. The molecule has 11 nitrogen and oxygen atoms in total. The minimum atomic E-state index is -1.03. The predicted octanol–water partition coefficient (Wildman–Crippen LogP) is 2.21. The maximum absolute atomic E-state index is 13.6. The van der Waals surface area contributed by atoms with E-state index in [1.807, 2.05) is 30.3 Å². The van der Waals surface area contributed by atoms with Gasteiger partial charge in [0.05, 0.1) is 0 Å². The van der Waals surface area contributed by atoms with Gasteiger partial charge in [0.15, 0.2) is 0 Å². The molecule has 0 spiro atoms. The monoisotopic (exact) mass is 552 g/mol. The molecule has 3 rings (SSSR count). The van der Waals surface area contributed by atoms with Crippen molar-refractivity contribution in [2.45, 2.75) is 77.6 Å². The minimum Gasteiger partial charge on any atom is -0.444 e. The van der Waals surface area contributed by atoms with Crippen LogP contribution in [0.5, 0.6) is 0 Å². The lowest BCUT2D eigenvalue weighted by molar-refractivity contribution is -0.132. The van der Waals surface area contributed by atoms with Gasteiger partial charge in [0.1, 0.15) is 23.5 Å². The van der Waals surface area contributed by atoms with Crippen molar-refractivity contribution in [1.29, 1.82) is 0 Å². The highest BCUT2D eigenvalue weighted by Crippen LogP contribution is 2.28. The highest BCUT2D eigenvalue weighted by molar-refractivity contribution is 5.92. The van der Waals surface area contributed by atoms with Crippen molar-refractivity contribution >= 4 is 29.6 Å². The van der Waals surface area contributed by atoms with E-state index >= 15 is 0 Å². The standard InChI is InChI=1S/C29H40N6O5/c1-18-21(10-12-24(30)33-18)16-32-26(37)22(11-13-25(31)36)34-27(38)23-15-20(14-19-8-6-5-7-9-19)17-35(23)28(39)40-29(2,3)4/h5-10,12,20,22-23H,11,13-17H2,1-4H3,(H2,30,33)(H2,31,36)(H,32,37)(H,34,38)/t20?,22-,23?/m0/s1. The lowest BCUT2D eigenvalue weighted by Gasteiger charge is -2.29. The molecule has 1 saturated heterocycles. The van der Waals surface area contributed by atoms with E-state index in [1.165, 1.54) is 4.90 Å². The van der Waals surface area contributed by atoms with Crippen molar-refractivity contribution in [1.82, 2.24) is 20.5 Å². The first-order chi connectivity index (χ1) is 18.8. The van der Waals surface area contributed by atoms with E-state index in [-0.39, 0.29) is 25.3 Å². The number of nitrogen functional groups attached to an aromatic ring is 1. The number of nitrogens with one attached hydrogen (secondary N) is 2. The van der Waals surface area contributed by atoms with Crippen molar-refractivity contribution in [2.75, 3.05) is 12.3 Å². The summed E-state index contributed by atoms with van der Waals surface area (Å²) in [7, 11) is 0. The molecule has 1 aromatic heterocycles. The molecule has 4 amide bonds. The van der Waals surface area contributed by atoms with Crippen LogP contribution in [0.4, 0.5) is 10.6 Å². The molecule has 0 radical (unpaired) electrons. The van der Waals surface area contributed by atoms with Crippen molar-refractivity contribution in [3.05, 3.63) is 59.3 Å². The summed E-state index contributed by atoms with van der Waals surface area (Å²) in [6, 6.07) is 11.4. The second kappa shape index (κ2) is 13.3. The Hall–Kier alpha value is -4.15. The summed E-state index contributed by atoms with van der Waals surface area (Å²) in [6.07, 6.45) is 0.411. The Morgan fingerprint density at radius 2 is 1.82 bits per heavy atom. The fraction of sp³-hybridized carbons (Fsp3) is 0.483. The lowest BCUT2D eigenvalue weighted by Crippen LogP contribution is -2.53. The van der Waals surface area contributed by atoms with Crippen molar-refractivity contribution in [3.8, 4) is 0 Å². The molecule has 1 aliphatic heterocycles. The van der Waals surface area contributed by atoms with Gasteiger partial charge in [0, 0.05) is 25.2 Å². The van der Waals surface area contributed by atoms with E-state index in [2.05, 4.69) is 15.6 Å². The Bertz CT molecular complexity index is 1210. The molecule has 1 aromatic carbocycles. The number of benzene rings is 1. The van der Waals surface area contributed by atoms with Crippen LogP contribution >= 0.6 is 0 Å². The molecule has 216 valence electrons. The van der Waals surface area contributed by atoms with Crippen LogP contribution in [0.25, 0.3) is 0 Å². The molecule has 3 atom stereocenters. The Morgan fingerprint density at radius 3 is 2.45 bits per heavy atom. The number of pyridine rings is 1. The smallest absolute Gasteiger partial charge is 0.410 e. The molecule has 1 aliphatic rings. The van der Waals surface area contributed by atoms with Gasteiger partial charge < -0.3 is 26.8 Å². The number of anilines is 1. The van der Waals surface area contributed by atoms with Crippen molar-refractivity contribution in [2.24, 2.45) is 11.7 Å². The Balaban J connectivity index is 1.75. The summed E-state index contributed by atoms with van der Waals surface area (Å²) in [5, 5.41) is 5.56. The zero-order valence-electron chi connectivity index (χ0n) is 23.6. The highest BCUT2D eigenvalue weighted by Gasteiger charge is 2.42. The summed E-state index contributed by atoms with van der Waals surface area (Å²) in [4.78, 5) is 56.9. The molecule has 0 bridgehead atoms. The number of likely N-dealkylation sites (tertiary alicyclic amines) is 1. The van der Waals surface area contributed by atoms with Gasteiger partial charge in [-0.2, -0.15) is 0 Å². The van der Waals surface area contributed by atoms with E-state index in [4.69, 9.17) is 16.2 Å². The number of aromatic nitrogens is 1. The predicted molar refractivity (Wildman–Crippen MR) is 151 cm³/mol. The van der Waals surface area contributed by atoms with Crippen LogP contribution in [0, 0.1) is 12.8 Å². The molecular weight excluding hydrogens is 512 g/mol. The van der Waals surface area contributed by atoms with Crippen LogP contribution in [0.3, 0.4) is 0 Å². The third kappa shape index (κ3) is 8.96. The first kappa shape index (κ1) is 30.4. The second-order valence-electron chi connectivity index (χ2n) is 11.2. The molecule has 0 saturated carbocycles. The zero-order valence-corrected chi connectivity index (χ0v) is 23.6. The maximum atomic E-state index is 13.6. The van der Waals surface area contributed by atoms with Crippen LogP contribution < -0.4 is 22.1 Å². The van der Waals surface area contributed by atoms with Gasteiger partial charge >= 0.3 is 6.09 Å². The number of hydrogen-bond donors (Lipinski definition) is 4. The van der Waals surface area contributed by atoms with Gasteiger partial charge in [-0.25, -0.2) is 9.78 Å².